The Kier molecular flexibility index (Phi) is 13.8. The number of benzene rings is 19. The largest absolute Gasteiger partial charge is 0.456 e. The molecule has 636 valence electrons. The third-order valence-corrected chi connectivity index (χ3v) is 28.1. The van der Waals surface area contributed by atoms with E-state index in [1.807, 2.05) is 84.9 Å². The normalized spacial score (nSPS) is 14.5. The first-order valence-corrected chi connectivity index (χ1v) is 45.8. The molecule has 0 amide bonds. The molecule has 3 aliphatic heterocycles. The smallest absolute Gasteiger partial charge is 0.252 e. The van der Waals surface area contributed by atoms with Crippen LogP contribution in [0.3, 0.4) is 0 Å². The Hall–Kier alpha value is -16.2. The number of furan rings is 3. The van der Waals surface area contributed by atoms with Gasteiger partial charge in [0.15, 0.2) is 0 Å². The molecule has 8 heteroatoms. The molecule has 0 fully saturated rings. The average Bonchev–Trinajstić information content (AvgIpc) is 1.04. The fourth-order valence-electron chi connectivity index (χ4n) is 21.4. The first-order chi connectivity index (χ1) is 71.1. The summed E-state index contributed by atoms with van der Waals surface area (Å²) >= 11 is 0. The molecule has 0 spiro atoms. The van der Waals surface area contributed by atoms with Gasteiger partial charge in [-0.1, -0.05) is 281 Å². The molecule has 24 aromatic rings. The van der Waals surface area contributed by atoms with Crippen molar-refractivity contribution in [3.63, 3.8) is 0 Å². The van der Waals surface area contributed by atoms with E-state index < -0.39 is 71.3 Å². The Morgan fingerprint density at radius 3 is 0.978 bits per heavy atom. The van der Waals surface area contributed by atoms with Gasteiger partial charge in [-0.3, -0.25) is 0 Å². The fourth-order valence-corrected chi connectivity index (χ4v) is 21.4. The molecule has 5 aromatic heterocycles. The van der Waals surface area contributed by atoms with E-state index in [1.54, 1.807) is 33.4 Å². The highest BCUT2D eigenvalue weighted by atomic mass is 16.3. The molecule has 27 rings (SSSR count). The summed E-state index contributed by atoms with van der Waals surface area (Å²) in [7, 11) is 0. The van der Waals surface area contributed by atoms with Crippen molar-refractivity contribution in [2.75, 3.05) is 9.80 Å². The van der Waals surface area contributed by atoms with Crippen molar-refractivity contribution in [1.29, 1.82) is 0 Å². The summed E-state index contributed by atoms with van der Waals surface area (Å²) in [5.41, 5.74) is 24.3. The molecule has 3 aliphatic rings. The number of hydrogen-bond donors (Lipinski definition) is 0. The van der Waals surface area contributed by atoms with Crippen LogP contribution in [-0.2, 0) is 16.2 Å². The Balaban J connectivity index is 0.831. The number of rotatable bonds is 6. The molecule has 0 N–H and O–H groups in total. The van der Waals surface area contributed by atoms with Crippen LogP contribution in [0.25, 0.3) is 210 Å². The summed E-state index contributed by atoms with van der Waals surface area (Å²) in [6.45, 7) is 19.3. The van der Waals surface area contributed by atoms with E-state index in [1.165, 1.54) is 0 Å². The molecule has 0 saturated carbocycles. The van der Waals surface area contributed by atoms with Gasteiger partial charge < -0.3 is 32.2 Å². The minimum atomic E-state index is -0.817. The van der Waals surface area contributed by atoms with Gasteiger partial charge >= 0.3 is 0 Å². The van der Waals surface area contributed by atoms with Crippen molar-refractivity contribution in [2.45, 2.75) is 78.6 Å². The van der Waals surface area contributed by atoms with Gasteiger partial charge in [0.2, 0.25) is 0 Å². The van der Waals surface area contributed by atoms with Crippen LogP contribution in [0.15, 0.2) is 401 Å². The molecule has 0 unspecified atom stereocenters. The van der Waals surface area contributed by atoms with Crippen LogP contribution in [0, 0.1) is 0 Å². The van der Waals surface area contributed by atoms with Gasteiger partial charge in [0.25, 0.3) is 6.71 Å². The van der Waals surface area contributed by atoms with Gasteiger partial charge in [-0.05, 0) is 286 Å². The number of nitrogens with zero attached hydrogens (tertiary/aromatic N) is 4. The highest BCUT2D eigenvalue weighted by molar-refractivity contribution is 7.00. The molecule has 0 atom stereocenters. The van der Waals surface area contributed by atoms with Gasteiger partial charge in [-0.15, -0.1) is 0 Å². The lowest BCUT2D eigenvalue weighted by Gasteiger charge is -2.47. The Morgan fingerprint density at radius 2 is 0.567 bits per heavy atom. The fraction of sp³-hybridized carbons (Fsp3) is 0.0952. The molecule has 19 aromatic carbocycles. The molecule has 0 aliphatic carbocycles. The minimum Gasteiger partial charge on any atom is -0.456 e. The van der Waals surface area contributed by atoms with E-state index >= 15 is 0 Å². The third-order valence-electron chi connectivity index (χ3n) is 28.1. The SMILES string of the molecule is [2H]c1c([2H])c([2H])c2c(c1[2H])c1c([2H])c(-c3ccc4oc5ccccc5c4c3)c([2H])c([2H])c1n2-c1ccc2c(c1)N1c3cc(C(C)(C)C)cc4c3B2c2ccc(-n3c5c([2H])c([2H])c([2H])c([2H])c5c5c([2H])c(-c6ccc7oc8ccccc8c7c6)c([2H])c([2H])c53)cc2N4c2c(-c3ccccc3)cc(C(C)(C)C)cc2-c2cccc(c2)-c2ccc3oc4ccc(cc4c3c2)-c2cccc(c2)-c2cc(C(C)(C)C)cc(-c3ccccc3)c21. The van der Waals surface area contributed by atoms with Gasteiger partial charge in [0.1, 0.15) is 33.5 Å². The van der Waals surface area contributed by atoms with E-state index in [2.05, 4.69) is 266 Å². The number of aromatic nitrogens is 2. The second-order valence-electron chi connectivity index (χ2n) is 39.2. The summed E-state index contributed by atoms with van der Waals surface area (Å²) in [5.74, 6) is 0. The zero-order valence-corrected chi connectivity index (χ0v) is 75.0. The van der Waals surface area contributed by atoms with Crippen LogP contribution in [-0.4, -0.2) is 15.8 Å². The van der Waals surface area contributed by atoms with Crippen LogP contribution < -0.4 is 26.2 Å². The van der Waals surface area contributed by atoms with E-state index in [-0.39, 0.29) is 91.0 Å². The summed E-state index contributed by atoms with van der Waals surface area (Å²) in [6, 6.07) is 98.1. The first-order valence-electron chi connectivity index (χ1n) is 52.8. The number of fused-ring (bicyclic) bond motifs is 32. The lowest BCUT2D eigenvalue weighted by molar-refractivity contribution is 0.590. The molecule has 0 radical (unpaired) electrons. The lowest BCUT2D eigenvalue weighted by Crippen LogP contribution is -2.61. The van der Waals surface area contributed by atoms with Crippen molar-refractivity contribution in [3.05, 3.63) is 405 Å². The first kappa shape index (κ1) is 64.6. The zero-order chi connectivity index (χ0) is 102. The Labute approximate surface area is 797 Å². The van der Waals surface area contributed by atoms with E-state index in [0.29, 0.717) is 56.2 Å². The number of anilines is 6. The van der Waals surface area contributed by atoms with Crippen LogP contribution in [0.1, 0.15) is 98.2 Å². The topological polar surface area (TPSA) is 55.8 Å². The second kappa shape index (κ2) is 28.7. The summed E-state index contributed by atoms with van der Waals surface area (Å²) in [6.07, 6.45) is 0. The third kappa shape index (κ3) is 11.9. The van der Waals surface area contributed by atoms with Crippen molar-refractivity contribution in [2.24, 2.45) is 0 Å². The molecule has 0 saturated heterocycles. The summed E-state index contributed by atoms with van der Waals surface area (Å²) < 4.78 is 167. The monoisotopic (exact) mass is 1730 g/mol. The second-order valence-corrected chi connectivity index (χ2v) is 39.2. The zero-order valence-electron chi connectivity index (χ0n) is 89.0. The Bertz CT molecular complexity index is 9540. The van der Waals surface area contributed by atoms with E-state index in [0.717, 1.165) is 166 Å². The molecular formula is C126H91BN4O3. The van der Waals surface area contributed by atoms with Gasteiger partial charge in [0.05, 0.1) is 52.6 Å². The predicted octanol–water partition coefficient (Wildman–Crippen LogP) is 33.2. The molecule has 7 nitrogen and oxygen atoms in total. The van der Waals surface area contributed by atoms with Crippen LogP contribution in [0.4, 0.5) is 34.1 Å². The number of hydrogen-bond acceptors (Lipinski definition) is 5. The maximum atomic E-state index is 10.8. The van der Waals surface area contributed by atoms with Crippen LogP contribution in [0.5, 0.6) is 0 Å². The van der Waals surface area contributed by atoms with Crippen molar-refractivity contribution in [1.82, 2.24) is 9.13 Å². The quantitative estimate of drug-likeness (QED) is 0.155. The maximum Gasteiger partial charge on any atom is 0.252 e. The standard InChI is InChI=1S/C126H91BN4O3/c1-124(2,3)86-66-95(74-26-12-10-13-27-74)122-97(68-86)84-32-24-30-76(58-84)80-44-56-119-103(64-80)104-65-81(45-57-120(104)134-119)77-31-25-33-85(59-77)98-69-87(125(4,5)6)67-96(75-28-14-11-15-29-75)123(98)131-112-73-90(129-108-39-21-17-35-92(108)100-61-79(43-53-110(100)129)83-47-55-118-102(63-83)94-37-19-23-41-116(94)133-118)49-51-106(112)127-105-50-48-89(72-111(105)130(122)113-70-88(126(7,8)9)71-114(131)121(113)127)128-107-38-20-16-34-91(107)99-60-78(42-52-109(99)128)82-46-54-117-101(62-82)93-36-18-22-40-115(93)132-117/h10-73H,1-9H3/i16D,17D,20D,21D,34D,35D,38D,39D,42D,43D,52D,53D,60D,61D. The summed E-state index contributed by atoms with van der Waals surface area (Å²) in [4.78, 5) is 4.83. The molecular weight excluding hydrogens is 1630 g/mol. The van der Waals surface area contributed by atoms with E-state index in [9.17, 15) is 19.2 Å². The van der Waals surface area contributed by atoms with Crippen LogP contribution in [0.2, 0.25) is 0 Å². The summed E-state index contributed by atoms with van der Waals surface area (Å²) in [5, 5.41) is 5.03. The minimum absolute atomic E-state index is 0.00282. The Morgan fingerprint density at radius 1 is 0.239 bits per heavy atom. The molecule has 13 bridgehead atoms. The van der Waals surface area contributed by atoms with Crippen LogP contribution >= 0.6 is 0 Å². The van der Waals surface area contributed by atoms with Gasteiger partial charge in [-0.2, -0.15) is 0 Å². The number of para-hydroxylation sites is 4. The molecule has 8 heterocycles. The van der Waals surface area contributed by atoms with E-state index in [4.69, 9.17) is 13.3 Å². The van der Waals surface area contributed by atoms with Crippen molar-refractivity contribution in [3.8, 4) is 100 Å². The molecule has 134 heavy (non-hydrogen) atoms. The highest BCUT2D eigenvalue weighted by Crippen LogP contribution is 2.57. The van der Waals surface area contributed by atoms with Crippen molar-refractivity contribution < 1.29 is 32.4 Å². The maximum absolute atomic E-state index is 10.8. The predicted molar refractivity (Wildman–Crippen MR) is 564 cm³/mol. The van der Waals surface area contributed by atoms with Crippen molar-refractivity contribution >= 4 is 167 Å². The lowest BCUT2D eigenvalue weighted by atomic mass is 9.33. The van der Waals surface area contributed by atoms with Gasteiger partial charge in [-0.25, -0.2) is 0 Å². The average molecular weight is 1730 g/mol. The highest BCUT2D eigenvalue weighted by Gasteiger charge is 2.47. The van der Waals surface area contributed by atoms with Gasteiger partial charge in [0, 0.05) is 110 Å².